The van der Waals surface area contributed by atoms with Crippen LogP contribution < -0.4 is 14.2 Å². The van der Waals surface area contributed by atoms with Gasteiger partial charge in [0.1, 0.15) is 17.2 Å². The van der Waals surface area contributed by atoms with Crippen LogP contribution in [0.2, 0.25) is 0 Å². The van der Waals surface area contributed by atoms with E-state index in [2.05, 4.69) is 0 Å². The minimum Gasteiger partial charge on any atom is -0.497 e. The zero-order valence-electron chi connectivity index (χ0n) is 17.2. The highest BCUT2D eigenvalue weighted by Crippen LogP contribution is 2.31. The van der Waals surface area contributed by atoms with Crippen LogP contribution in [0.15, 0.2) is 72.8 Å². The lowest BCUT2D eigenvalue weighted by atomic mass is 9.99. The predicted molar refractivity (Wildman–Crippen MR) is 113 cm³/mol. The Morgan fingerprint density at radius 2 is 1.44 bits per heavy atom. The zero-order valence-corrected chi connectivity index (χ0v) is 17.2. The van der Waals surface area contributed by atoms with Crippen molar-refractivity contribution in [2.75, 3.05) is 14.2 Å². The van der Waals surface area contributed by atoms with Gasteiger partial charge in [0.25, 0.3) is 5.69 Å². The number of ketones is 1. The van der Waals surface area contributed by atoms with Crippen LogP contribution in [0, 0.1) is 10.1 Å². The van der Waals surface area contributed by atoms with Crippen molar-refractivity contribution in [2.24, 2.45) is 0 Å². The Hall–Kier alpha value is -4.40. The number of benzene rings is 3. The number of rotatable bonds is 8. The van der Waals surface area contributed by atoms with Gasteiger partial charge in [-0.1, -0.05) is 30.3 Å². The highest BCUT2D eigenvalue weighted by Gasteiger charge is 2.28. The maximum absolute atomic E-state index is 13.2. The number of carbonyl (C=O) groups is 2. The molecule has 0 saturated heterocycles. The Morgan fingerprint density at radius 3 is 1.97 bits per heavy atom. The standard InChI is InChI=1S/C23H19NO8/c1-29-19-12-16(13-20(14-19)30-2)22(21(25)15-6-4-3-5-7-15)32-23(26)31-18-10-8-17(9-11-18)24(27)28/h3-14,22H,1-2H3. The minimum absolute atomic E-state index is 0.0229. The van der Waals surface area contributed by atoms with Crippen LogP contribution in [-0.4, -0.2) is 31.1 Å². The van der Waals surface area contributed by atoms with E-state index in [1.807, 2.05) is 0 Å². The van der Waals surface area contributed by atoms with Crippen molar-refractivity contribution in [3.8, 4) is 17.2 Å². The molecule has 0 aliphatic heterocycles. The fourth-order valence-corrected chi connectivity index (χ4v) is 2.86. The van der Waals surface area contributed by atoms with Gasteiger partial charge in [-0.2, -0.15) is 0 Å². The molecule has 1 atom stereocenters. The summed E-state index contributed by atoms with van der Waals surface area (Å²) >= 11 is 0. The summed E-state index contributed by atoms with van der Waals surface area (Å²) in [6.07, 6.45) is -2.51. The van der Waals surface area contributed by atoms with E-state index in [1.54, 1.807) is 48.5 Å². The van der Waals surface area contributed by atoms with Crippen LogP contribution in [-0.2, 0) is 4.74 Å². The first-order chi connectivity index (χ1) is 15.4. The second-order valence-corrected chi connectivity index (χ2v) is 6.48. The van der Waals surface area contributed by atoms with Crippen molar-refractivity contribution in [3.05, 3.63) is 94.0 Å². The van der Waals surface area contributed by atoms with E-state index in [0.717, 1.165) is 0 Å². The lowest BCUT2D eigenvalue weighted by Crippen LogP contribution is -2.22. The van der Waals surface area contributed by atoms with Gasteiger partial charge in [0.05, 0.1) is 19.1 Å². The van der Waals surface area contributed by atoms with Gasteiger partial charge in [-0.25, -0.2) is 4.79 Å². The molecule has 164 valence electrons. The van der Waals surface area contributed by atoms with E-state index in [9.17, 15) is 19.7 Å². The van der Waals surface area contributed by atoms with E-state index >= 15 is 0 Å². The minimum atomic E-state index is -1.35. The van der Waals surface area contributed by atoms with Gasteiger partial charge in [-0.15, -0.1) is 0 Å². The number of methoxy groups -OCH3 is 2. The van der Waals surface area contributed by atoms with E-state index in [-0.39, 0.29) is 11.4 Å². The van der Waals surface area contributed by atoms with Gasteiger partial charge < -0.3 is 18.9 Å². The Labute approximate surface area is 183 Å². The maximum Gasteiger partial charge on any atom is 0.514 e. The third-order valence-corrected chi connectivity index (χ3v) is 4.44. The summed E-state index contributed by atoms with van der Waals surface area (Å²) in [5.74, 6) is 0.339. The molecule has 0 amide bonds. The van der Waals surface area contributed by atoms with Crippen LogP contribution >= 0.6 is 0 Å². The second-order valence-electron chi connectivity index (χ2n) is 6.48. The molecule has 0 spiro atoms. The molecule has 0 N–H and O–H groups in total. The molecule has 3 aromatic carbocycles. The molecular formula is C23H19NO8. The zero-order chi connectivity index (χ0) is 23.1. The molecule has 3 rings (SSSR count). The Kier molecular flexibility index (Phi) is 7.02. The maximum atomic E-state index is 13.2. The van der Waals surface area contributed by atoms with Gasteiger partial charge in [0.2, 0.25) is 5.78 Å². The summed E-state index contributed by atoms with van der Waals surface area (Å²) in [5.41, 5.74) is 0.476. The lowest BCUT2D eigenvalue weighted by molar-refractivity contribution is -0.384. The molecule has 0 aromatic heterocycles. The molecule has 1 unspecified atom stereocenters. The second kappa shape index (κ2) is 10.1. The van der Waals surface area contributed by atoms with E-state index in [4.69, 9.17) is 18.9 Å². The molecule has 0 bridgehead atoms. The molecule has 0 heterocycles. The van der Waals surface area contributed by atoms with Crippen molar-refractivity contribution in [2.45, 2.75) is 6.10 Å². The fourth-order valence-electron chi connectivity index (χ4n) is 2.86. The third kappa shape index (κ3) is 5.39. The number of non-ortho nitro benzene ring substituents is 1. The summed E-state index contributed by atoms with van der Waals surface area (Å²) in [6.45, 7) is 0. The molecule has 0 fully saturated rings. The monoisotopic (exact) mass is 437 g/mol. The SMILES string of the molecule is COc1cc(OC)cc(C(OC(=O)Oc2ccc([N+](=O)[O-])cc2)C(=O)c2ccccc2)c1. The first-order valence-electron chi connectivity index (χ1n) is 9.36. The summed E-state index contributed by atoms with van der Waals surface area (Å²) in [6, 6.07) is 17.9. The first kappa shape index (κ1) is 22.3. The predicted octanol–water partition coefficient (Wildman–Crippen LogP) is 4.75. The fraction of sp³-hybridized carbons (Fsp3) is 0.130. The Balaban J connectivity index is 1.89. The summed E-state index contributed by atoms with van der Waals surface area (Å²) in [7, 11) is 2.91. The van der Waals surface area contributed by atoms with Crippen LogP contribution in [0.4, 0.5) is 10.5 Å². The quantitative estimate of drug-likeness (QED) is 0.163. The highest BCUT2D eigenvalue weighted by atomic mass is 16.7. The topological polar surface area (TPSA) is 114 Å². The number of Topliss-reactive ketones (excluding diaryl/α,β-unsaturated/α-hetero) is 1. The molecule has 0 aliphatic rings. The van der Waals surface area contributed by atoms with Crippen molar-refractivity contribution < 1.29 is 33.5 Å². The summed E-state index contributed by atoms with van der Waals surface area (Å²) < 4.78 is 21.0. The van der Waals surface area contributed by atoms with Crippen LogP contribution in [0.5, 0.6) is 17.2 Å². The molecule has 0 saturated carbocycles. The number of carbonyl (C=O) groups excluding carboxylic acids is 2. The number of nitro benzene ring substituents is 1. The van der Waals surface area contributed by atoms with Crippen LogP contribution in [0.1, 0.15) is 22.0 Å². The molecule has 0 aliphatic carbocycles. The normalized spacial score (nSPS) is 11.2. The average Bonchev–Trinajstić information content (AvgIpc) is 2.82. The number of ether oxygens (including phenoxy) is 4. The van der Waals surface area contributed by atoms with Crippen LogP contribution in [0.25, 0.3) is 0 Å². The number of hydrogen-bond donors (Lipinski definition) is 0. The Morgan fingerprint density at radius 1 is 0.844 bits per heavy atom. The molecule has 9 nitrogen and oxygen atoms in total. The van der Waals surface area contributed by atoms with Crippen molar-refractivity contribution in [1.82, 2.24) is 0 Å². The van der Waals surface area contributed by atoms with E-state index in [1.165, 1.54) is 38.5 Å². The smallest absolute Gasteiger partial charge is 0.497 e. The lowest BCUT2D eigenvalue weighted by Gasteiger charge is -2.18. The number of hydrogen-bond acceptors (Lipinski definition) is 8. The molecule has 0 radical (unpaired) electrons. The number of nitrogens with zero attached hydrogens (tertiary/aromatic N) is 1. The highest BCUT2D eigenvalue weighted by molar-refractivity contribution is 6.00. The summed E-state index contributed by atoms with van der Waals surface area (Å²) in [4.78, 5) is 35.8. The van der Waals surface area contributed by atoms with E-state index in [0.29, 0.717) is 22.6 Å². The Bertz CT molecular complexity index is 1090. The molecule has 32 heavy (non-hydrogen) atoms. The largest absolute Gasteiger partial charge is 0.514 e. The van der Waals surface area contributed by atoms with Gasteiger partial charge in [-0.05, 0) is 24.3 Å². The summed E-state index contributed by atoms with van der Waals surface area (Å²) in [5, 5.41) is 10.8. The van der Waals surface area contributed by atoms with Gasteiger partial charge >= 0.3 is 6.16 Å². The van der Waals surface area contributed by atoms with Crippen molar-refractivity contribution >= 4 is 17.6 Å². The van der Waals surface area contributed by atoms with Crippen LogP contribution in [0.3, 0.4) is 0 Å². The van der Waals surface area contributed by atoms with E-state index < -0.39 is 23.0 Å². The molecular weight excluding hydrogens is 418 g/mol. The third-order valence-electron chi connectivity index (χ3n) is 4.44. The first-order valence-corrected chi connectivity index (χ1v) is 9.36. The molecule has 9 heteroatoms. The van der Waals surface area contributed by atoms with Crippen molar-refractivity contribution in [1.29, 1.82) is 0 Å². The van der Waals surface area contributed by atoms with Gasteiger partial charge in [0, 0.05) is 29.3 Å². The molecule has 3 aromatic rings. The number of nitro groups is 1. The van der Waals surface area contributed by atoms with Gasteiger partial charge in [-0.3, -0.25) is 14.9 Å². The van der Waals surface area contributed by atoms with Crippen molar-refractivity contribution in [3.63, 3.8) is 0 Å². The average molecular weight is 437 g/mol. The van der Waals surface area contributed by atoms with Gasteiger partial charge in [0.15, 0.2) is 6.10 Å².